The van der Waals surface area contributed by atoms with Gasteiger partial charge in [-0.3, -0.25) is 0 Å². The van der Waals surface area contributed by atoms with Crippen molar-refractivity contribution in [2.75, 3.05) is 0 Å². The zero-order valence-corrected chi connectivity index (χ0v) is 16.1. The maximum absolute atomic E-state index is 10.6. The second kappa shape index (κ2) is 8.74. The van der Waals surface area contributed by atoms with Crippen LogP contribution < -0.4 is 0 Å². The number of benzene rings is 4. The molecule has 0 saturated carbocycles. The zero-order valence-electron chi connectivity index (χ0n) is 16.1. The van der Waals surface area contributed by atoms with Crippen LogP contribution >= 0.6 is 0 Å². The Morgan fingerprint density at radius 1 is 0.500 bits per heavy atom. The molecular formula is C28H18O2. The lowest BCUT2D eigenvalue weighted by Gasteiger charge is -2.11. The van der Waals surface area contributed by atoms with Gasteiger partial charge in [-0.2, -0.15) is 0 Å². The van der Waals surface area contributed by atoms with E-state index in [0.29, 0.717) is 16.7 Å². The highest BCUT2D eigenvalue weighted by atomic mass is 16.3. The first-order valence-electron chi connectivity index (χ1n) is 9.51. The lowest BCUT2D eigenvalue weighted by atomic mass is 9.94. The maximum atomic E-state index is 10.6. The van der Waals surface area contributed by atoms with Crippen molar-refractivity contribution in [1.82, 2.24) is 0 Å². The zero-order chi connectivity index (χ0) is 20.8. The van der Waals surface area contributed by atoms with Gasteiger partial charge < -0.3 is 10.2 Å². The van der Waals surface area contributed by atoms with Gasteiger partial charge in [0.1, 0.15) is 0 Å². The van der Waals surface area contributed by atoms with Crippen LogP contribution in [0, 0.1) is 23.7 Å². The van der Waals surface area contributed by atoms with E-state index in [1.165, 1.54) is 6.07 Å². The minimum absolute atomic E-state index is 0.225. The van der Waals surface area contributed by atoms with Gasteiger partial charge in [-0.05, 0) is 35.9 Å². The number of hydrogen-bond acceptors (Lipinski definition) is 2. The standard InChI is InChI=1S/C28H18O2/c29-27-20-26(23-14-8-3-9-15-23)24(18-16-21-10-4-1-5-11-21)25(28(27)30)19-17-22-12-6-2-7-13-22/h1-15,20,29-30H. The highest BCUT2D eigenvalue weighted by Gasteiger charge is 2.16. The number of hydrogen-bond donors (Lipinski definition) is 2. The van der Waals surface area contributed by atoms with Crippen molar-refractivity contribution in [3.8, 4) is 46.3 Å². The fourth-order valence-corrected chi connectivity index (χ4v) is 3.07. The largest absolute Gasteiger partial charge is 0.504 e. The van der Waals surface area contributed by atoms with E-state index in [9.17, 15) is 10.2 Å². The number of phenols is 2. The Labute approximate surface area is 176 Å². The third kappa shape index (κ3) is 4.20. The third-order valence-corrected chi connectivity index (χ3v) is 4.58. The summed E-state index contributed by atoms with van der Waals surface area (Å²) in [6, 6.07) is 30.3. The molecule has 0 heterocycles. The van der Waals surface area contributed by atoms with Crippen molar-refractivity contribution in [3.63, 3.8) is 0 Å². The van der Waals surface area contributed by atoms with Crippen LogP contribution in [0.25, 0.3) is 11.1 Å². The predicted molar refractivity (Wildman–Crippen MR) is 120 cm³/mol. The summed E-state index contributed by atoms with van der Waals surface area (Å²) in [5, 5.41) is 21.0. The highest BCUT2D eigenvalue weighted by Crippen LogP contribution is 2.38. The molecule has 30 heavy (non-hydrogen) atoms. The summed E-state index contributed by atoms with van der Waals surface area (Å²) in [4.78, 5) is 0. The molecule has 0 fully saturated rings. The van der Waals surface area contributed by atoms with Gasteiger partial charge in [-0.25, -0.2) is 0 Å². The Bertz CT molecular complexity index is 1280. The minimum atomic E-state index is -0.268. The van der Waals surface area contributed by atoms with Crippen LogP contribution in [0.5, 0.6) is 11.5 Å². The molecule has 2 heteroatoms. The first-order chi connectivity index (χ1) is 14.7. The molecule has 0 atom stereocenters. The smallest absolute Gasteiger partial charge is 0.174 e. The molecule has 4 rings (SSSR count). The Kier molecular flexibility index (Phi) is 5.52. The first kappa shape index (κ1) is 18.9. The Morgan fingerprint density at radius 2 is 0.967 bits per heavy atom. The SMILES string of the molecule is Oc1cc(-c2ccccc2)c(C#Cc2ccccc2)c(C#Cc2ccccc2)c1O. The molecule has 0 spiro atoms. The molecule has 0 aliphatic rings. The summed E-state index contributed by atoms with van der Waals surface area (Å²) in [6.07, 6.45) is 0. The molecule has 2 nitrogen and oxygen atoms in total. The topological polar surface area (TPSA) is 40.5 Å². The van der Waals surface area contributed by atoms with E-state index in [4.69, 9.17) is 0 Å². The minimum Gasteiger partial charge on any atom is -0.504 e. The summed E-state index contributed by atoms with van der Waals surface area (Å²) < 4.78 is 0. The van der Waals surface area contributed by atoms with Crippen molar-refractivity contribution >= 4 is 0 Å². The van der Waals surface area contributed by atoms with Crippen molar-refractivity contribution in [2.45, 2.75) is 0 Å². The number of rotatable bonds is 1. The second-order valence-electron chi connectivity index (χ2n) is 6.64. The van der Waals surface area contributed by atoms with Crippen molar-refractivity contribution in [3.05, 3.63) is 119 Å². The fourth-order valence-electron chi connectivity index (χ4n) is 3.07. The number of aromatic hydroxyl groups is 2. The van der Waals surface area contributed by atoms with Crippen LogP contribution in [0.4, 0.5) is 0 Å². The summed E-state index contributed by atoms with van der Waals surface area (Å²) in [7, 11) is 0. The van der Waals surface area contributed by atoms with Gasteiger partial charge in [0.25, 0.3) is 0 Å². The van der Waals surface area contributed by atoms with Gasteiger partial charge in [0.05, 0.1) is 11.1 Å². The monoisotopic (exact) mass is 386 g/mol. The summed E-state index contributed by atoms with van der Waals surface area (Å²) in [5.41, 5.74) is 4.14. The van der Waals surface area contributed by atoms with E-state index in [2.05, 4.69) is 23.7 Å². The van der Waals surface area contributed by atoms with E-state index in [-0.39, 0.29) is 11.5 Å². The molecular weight excluding hydrogens is 368 g/mol. The Hall–Kier alpha value is -4.40. The van der Waals surface area contributed by atoms with Crippen LogP contribution in [0.3, 0.4) is 0 Å². The van der Waals surface area contributed by atoms with E-state index < -0.39 is 0 Å². The van der Waals surface area contributed by atoms with Gasteiger partial charge in [0, 0.05) is 16.7 Å². The van der Waals surface area contributed by atoms with Crippen LogP contribution in [0.2, 0.25) is 0 Å². The lowest BCUT2D eigenvalue weighted by molar-refractivity contribution is 0.403. The quantitative estimate of drug-likeness (QED) is 0.332. The van der Waals surface area contributed by atoms with E-state index in [1.54, 1.807) is 0 Å². The Morgan fingerprint density at radius 3 is 1.50 bits per heavy atom. The fraction of sp³-hybridized carbons (Fsp3) is 0. The van der Waals surface area contributed by atoms with Gasteiger partial charge >= 0.3 is 0 Å². The molecule has 2 N–H and O–H groups in total. The molecule has 4 aromatic rings. The maximum Gasteiger partial charge on any atom is 0.174 e. The van der Waals surface area contributed by atoms with Crippen LogP contribution in [0.15, 0.2) is 97.1 Å². The van der Waals surface area contributed by atoms with Gasteiger partial charge in [0.2, 0.25) is 0 Å². The van der Waals surface area contributed by atoms with Crippen LogP contribution in [-0.4, -0.2) is 10.2 Å². The van der Waals surface area contributed by atoms with Crippen LogP contribution in [-0.2, 0) is 0 Å². The summed E-state index contributed by atoms with van der Waals surface area (Å²) >= 11 is 0. The van der Waals surface area contributed by atoms with E-state index in [0.717, 1.165) is 16.7 Å². The van der Waals surface area contributed by atoms with Gasteiger partial charge in [-0.15, -0.1) is 0 Å². The third-order valence-electron chi connectivity index (χ3n) is 4.58. The van der Waals surface area contributed by atoms with Crippen molar-refractivity contribution < 1.29 is 10.2 Å². The molecule has 0 aromatic heterocycles. The molecule has 0 amide bonds. The molecule has 142 valence electrons. The first-order valence-corrected chi connectivity index (χ1v) is 9.51. The summed E-state index contributed by atoms with van der Waals surface area (Å²) in [5.74, 6) is 11.9. The molecule has 0 unspecified atom stereocenters. The molecule has 0 bridgehead atoms. The van der Waals surface area contributed by atoms with Crippen molar-refractivity contribution in [1.29, 1.82) is 0 Å². The molecule has 0 saturated heterocycles. The normalized spacial score (nSPS) is 9.73. The van der Waals surface area contributed by atoms with E-state index in [1.807, 2.05) is 91.0 Å². The average Bonchev–Trinajstić information content (AvgIpc) is 2.81. The van der Waals surface area contributed by atoms with Crippen molar-refractivity contribution in [2.24, 2.45) is 0 Å². The lowest BCUT2D eigenvalue weighted by Crippen LogP contribution is -1.92. The highest BCUT2D eigenvalue weighted by molar-refractivity contribution is 5.80. The van der Waals surface area contributed by atoms with Gasteiger partial charge in [0.15, 0.2) is 11.5 Å². The molecule has 0 aliphatic carbocycles. The van der Waals surface area contributed by atoms with Crippen LogP contribution in [0.1, 0.15) is 22.3 Å². The number of phenolic OH excluding ortho intramolecular Hbond substituents is 2. The molecule has 0 radical (unpaired) electrons. The molecule has 4 aromatic carbocycles. The second-order valence-corrected chi connectivity index (χ2v) is 6.64. The van der Waals surface area contributed by atoms with E-state index >= 15 is 0 Å². The Balaban J connectivity index is 1.95. The average molecular weight is 386 g/mol. The van der Waals surface area contributed by atoms with Gasteiger partial charge in [-0.1, -0.05) is 90.4 Å². The summed E-state index contributed by atoms with van der Waals surface area (Å²) in [6.45, 7) is 0. The predicted octanol–water partition coefficient (Wildman–Crippen LogP) is 5.56. The molecule has 0 aliphatic heterocycles.